The van der Waals surface area contributed by atoms with Gasteiger partial charge >= 0.3 is 5.69 Å². The molecule has 0 bridgehead atoms. The maximum absolute atomic E-state index is 13.3. The van der Waals surface area contributed by atoms with Gasteiger partial charge in [-0.25, -0.2) is 9.18 Å². The third-order valence-electron chi connectivity index (χ3n) is 4.45. The Morgan fingerprint density at radius 3 is 2.67 bits per heavy atom. The molecule has 2 aromatic carbocycles. The summed E-state index contributed by atoms with van der Waals surface area (Å²) in [5.74, 6) is -0.494. The van der Waals surface area contributed by atoms with Crippen LogP contribution in [0, 0.1) is 5.82 Å². The van der Waals surface area contributed by atoms with Gasteiger partial charge in [0, 0.05) is 26.1 Å². The van der Waals surface area contributed by atoms with Crippen LogP contribution in [0.1, 0.15) is 18.9 Å². The molecule has 0 unspecified atom stereocenters. The quantitative estimate of drug-likeness (QED) is 0.724. The fourth-order valence-corrected chi connectivity index (χ4v) is 3.06. The predicted molar refractivity (Wildman–Crippen MR) is 101 cm³/mol. The van der Waals surface area contributed by atoms with E-state index in [1.54, 1.807) is 41.3 Å². The van der Waals surface area contributed by atoms with Gasteiger partial charge < -0.3 is 4.90 Å². The lowest BCUT2D eigenvalue weighted by atomic mass is 10.2. The number of carbonyl (C=O) groups excluding carboxylic acids is 1. The number of amides is 1. The van der Waals surface area contributed by atoms with Crippen molar-refractivity contribution in [3.8, 4) is 0 Å². The molecular weight excluding hydrogens is 349 g/mol. The van der Waals surface area contributed by atoms with Crippen molar-refractivity contribution in [2.75, 3.05) is 6.54 Å². The molecule has 0 aliphatic heterocycles. The molecule has 6 nitrogen and oxygen atoms in total. The number of carbonyl (C=O) groups is 1. The standard InChI is InChI=1S/C20H20FN3O3/c1-2-23(13-14-6-5-7-15(21)12-14)18(25)10-11-24-17-9-4-3-8-16(17)19(26)22-20(24)27/h3-9,12H,2,10-11,13H2,1H3,(H,22,26,27). The summed E-state index contributed by atoms with van der Waals surface area (Å²) in [5, 5.41) is 0.400. The molecular formula is C20H20FN3O3. The molecule has 0 spiro atoms. The molecule has 0 saturated heterocycles. The molecule has 1 heterocycles. The van der Waals surface area contributed by atoms with E-state index in [1.165, 1.54) is 16.7 Å². The van der Waals surface area contributed by atoms with Crippen LogP contribution in [0.5, 0.6) is 0 Å². The Labute approximate surface area is 154 Å². The fourth-order valence-electron chi connectivity index (χ4n) is 3.06. The Hall–Kier alpha value is -3.22. The molecule has 0 atom stereocenters. The zero-order valence-electron chi connectivity index (χ0n) is 14.9. The van der Waals surface area contributed by atoms with Crippen molar-refractivity contribution >= 4 is 16.8 Å². The molecule has 1 aromatic heterocycles. The summed E-state index contributed by atoms with van der Waals surface area (Å²) in [6, 6.07) is 12.9. The molecule has 140 valence electrons. The number of fused-ring (bicyclic) bond motifs is 1. The van der Waals surface area contributed by atoms with Crippen molar-refractivity contribution in [2.24, 2.45) is 0 Å². The first kappa shape index (κ1) is 18.6. The van der Waals surface area contributed by atoms with Gasteiger partial charge in [-0.05, 0) is 36.8 Å². The number of halogens is 1. The number of aromatic nitrogens is 2. The van der Waals surface area contributed by atoms with Crippen molar-refractivity contribution in [2.45, 2.75) is 26.4 Å². The minimum absolute atomic E-state index is 0.0963. The van der Waals surface area contributed by atoms with Crippen molar-refractivity contribution in [3.63, 3.8) is 0 Å². The topological polar surface area (TPSA) is 75.2 Å². The van der Waals surface area contributed by atoms with Crippen molar-refractivity contribution in [1.82, 2.24) is 14.5 Å². The van der Waals surface area contributed by atoms with Gasteiger partial charge in [0.25, 0.3) is 5.56 Å². The maximum atomic E-state index is 13.3. The van der Waals surface area contributed by atoms with Gasteiger partial charge in [0.1, 0.15) is 5.82 Å². The van der Waals surface area contributed by atoms with Crippen molar-refractivity contribution in [1.29, 1.82) is 0 Å². The largest absolute Gasteiger partial charge is 0.339 e. The monoisotopic (exact) mass is 369 g/mol. The van der Waals surface area contributed by atoms with E-state index in [1.807, 2.05) is 6.92 Å². The normalized spacial score (nSPS) is 10.9. The average Bonchev–Trinajstić information content (AvgIpc) is 2.66. The summed E-state index contributed by atoms with van der Waals surface area (Å²) >= 11 is 0. The molecule has 0 aliphatic carbocycles. The van der Waals surface area contributed by atoms with Crippen LogP contribution in [0.3, 0.4) is 0 Å². The number of hydrogen-bond acceptors (Lipinski definition) is 3. The van der Waals surface area contributed by atoms with Crippen LogP contribution in [0.4, 0.5) is 4.39 Å². The van der Waals surface area contributed by atoms with E-state index >= 15 is 0 Å². The second-order valence-electron chi connectivity index (χ2n) is 6.22. The lowest BCUT2D eigenvalue weighted by Crippen LogP contribution is -2.34. The third kappa shape index (κ3) is 4.13. The second-order valence-corrected chi connectivity index (χ2v) is 6.22. The number of H-pyrrole nitrogens is 1. The first-order valence-corrected chi connectivity index (χ1v) is 8.73. The maximum Gasteiger partial charge on any atom is 0.328 e. The van der Waals surface area contributed by atoms with Crippen LogP contribution < -0.4 is 11.2 Å². The number of aryl methyl sites for hydroxylation is 1. The zero-order valence-corrected chi connectivity index (χ0v) is 14.9. The van der Waals surface area contributed by atoms with E-state index in [2.05, 4.69) is 4.98 Å². The smallest absolute Gasteiger partial charge is 0.328 e. The SMILES string of the molecule is CCN(Cc1cccc(F)c1)C(=O)CCn1c(=O)[nH]c(=O)c2ccccc21. The molecule has 3 rings (SSSR count). The van der Waals surface area contributed by atoms with E-state index in [-0.39, 0.29) is 24.7 Å². The van der Waals surface area contributed by atoms with Crippen LogP contribution in [0.25, 0.3) is 10.9 Å². The molecule has 27 heavy (non-hydrogen) atoms. The number of hydrogen-bond donors (Lipinski definition) is 1. The zero-order chi connectivity index (χ0) is 19.4. The number of nitrogens with zero attached hydrogens (tertiary/aromatic N) is 2. The van der Waals surface area contributed by atoms with E-state index in [9.17, 15) is 18.8 Å². The van der Waals surface area contributed by atoms with E-state index in [0.717, 1.165) is 0 Å². The van der Waals surface area contributed by atoms with Gasteiger partial charge in [0.05, 0.1) is 10.9 Å². The van der Waals surface area contributed by atoms with Crippen LogP contribution in [0.2, 0.25) is 0 Å². The molecule has 7 heteroatoms. The molecule has 1 N–H and O–H groups in total. The minimum Gasteiger partial charge on any atom is -0.339 e. The van der Waals surface area contributed by atoms with Gasteiger partial charge in [-0.15, -0.1) is 0 Å². The van der Waals surface area contributed by atoms with Crippen molar-refractivity contribution in [3.05, 3.63) is 80.7 Å². The van der Waals surface area contributed by atoms with E-state index in [4.69, 9.17) is 0 Å². The molecule has 0 fully saturated rings. The van der Waals surface area contributed by atoms with E-state index < -0.39 is 11.2 Å². The molecule has 0 radical (unpaired) electrons. The number of rotatable bonds is 6. The number of benzene rings is 2. The van der Waals surface area contributed by atoms with Gasteiger partial charge in [-0.3, -0.25) is 19.1 Å². The van der Waals surface area contributed by atoms with Crippen LogP contribution >= 0.6 is 0 Å². The lowest BCUT2D eigenvalue weighted by Gasteiger charge is -2.21. The molecule has 3 aromatic rings. The van der Waals surface area contributed by atoms with Gasteiger partial charge in [-0.1, -0.05) is 24.3 Å². The van der Waals surface area contributed by atoms with Crippen LogP contribution in [-0.4, -0.2) is 26.9 Å². The van der Waals surface area contributed by atoms with E-state index in [0.29, 0.717) is 29.6 Å². The highest BCUT2D eigenvalue weighted by molar-refractivity contribution is 5.79. The molecule has 1 amide bonds. The highest BCUT2D eigenvalue weighted by Crippen LogP contribution is 2.10. The van der Waals surface area contributed by atoms with Gasteiger partial charge in [0.15, 0.2) is 0 Å². The fraction of sp³-hybridized carbons (Fsp3) is 0.250. The average molecular weight is 369 g/mol. The van der Waals surface area contributed by atoms with Crippen LogP contribution in [-0.2, 0) is 17.9 Å². The van der Waals surface area contributed by atoms with Gasteiger partial charge in [-0.2, -0.15) is 0 Å². The number of aromatic amines is 1. The summed E-state index contributed by atoms with van der Waals surface area (Å²) in [6.45, 7) is 2.76. The number of nitrogens with one attached hydrogen (secondary N) is 1. The summed E-state index contributed by atoms with van der Waals surface area (Å²) in [6.07, 6.45) is 0.0963. The summed E-state index contributed by atoms with van der Waals surface area (Å²) < 4.78 is 14.7. The highest BCUT2D eigenvalue weighted by Gasteiger charge is 2.14. The summed E-state index contributed by atoms with van der Waals surface area (Å²) in [5.41, 5.74) is 0.211. The predicted octanol–water partition coefficient (Wildman–Crippen LogP) is 2.27. The third-order valence-corrected chi connectivity index (χ3v) is 4.45. The second kappa shape index (κ2) is 7.99. The molecule has 0 saturated carbocycles. The highest BCUT2D eigenvalue weighted by atomic mass is 19.1. The van der Waals surface area contributed by atoms with Crippen molar-refractivity contribution < 1.29 is 9.18 Å². The number of para-hydroxylation sites is 1. The van der Waals surface area contributed by atoms with Crippen LogP contribution in [0.15, 0.2) is 58.1 Å². The first-order valence-electron chi connectivity index (χ1n) is 8.73. The molecule has 0 aliphatic rings. The van der Waals surface area contributed by atoms with Gasteiger partial charge in [0.2, 0.25) is 5.91 Å². The lowest BCUT2D eigenvalue weighted by molar-refractivity contribution is -0.131. The Kier molecular flexibility index (Phi) is 5.49. The summed E-state index contributed by atoms with van der Waals surface area (Å²) in [4.78, 5) is 40.6. The first-order chi connectivity index (χ1) is 13.0. The Morgan fingerprint density at radius 2 is 1.93 bits per heavy atom. The Bertz CT molecular complexity index is 1090. The summed E-state index contributed by atoms with van der Waals surface area (Å²) in [7, 11) is 0. The Morgan fingerprint density at radius 1 is 1.15 bits per heavy atom. The minimum atomic E-state index is -0.542. The Balaban J connectivity index is 1.78.